The molecule has 0 amide bonds. The standard InChI is InChI=1S/C46H54N4/c1-3-5-7-11-35-49(45-23-19-39(20-24-45)15-17-41-27-31-47-32-28-41)37-43-13-9-10-14-44(43)38-50(36-12-8-6-4-2)46-25-21-40(22-26-46)16-18-42-29-33-48-34-30-42/h9-10,13-34H,3-8,11-12,35-38H2,1-2H3/b17-15+,18-16+. The molecule has 0 bridgehead atoms. The highest BCUT2D eigenvalue weighted by molar-refractivity contribution is 5.71. The minimum absolute atomic E-state index is 0.900. The number of aromatic nitrogens is 2. The molecular formula is C46H54N4. The Morgan fingerprint density at radius 2 is 0.780 bits per heavy atom. The highest BCUT2D eigenvalue weighted by Crippen LogP contribution is 2.25. The second kappa shape index (κ2) is 20.5. The van der Waals surface area contributed by atoms with Crippen molar-refractivity contribution in [2.45, 2.75) is 78.3 Å². The molecule has 0 aliphatic heterocycles. The molecule has 4 nitrogen and oxygen atoms in total. The first kappa shape index (κ1) is 36.3. The predicted octanol–water partition coefficient (Wildman–Crippen LogP) is 12.0. The van der Waals surface area contributed by atoms with Crippen LogP contribution in [0.1, 0.15) is 98.6 Å². The van der Waals surface area contributed by atoms with Crippen LogP contribution in [0.5, 0.6) is 0 Å². The van der Waals surface area contributed by atoms with Crippen LogP contribution >= 0.6 is 0 Å². The summed E-state index contributed by atoms with van der Waals surface area (Å²) in [6, 6.07) is 35.3. The summed E-state index contributed by atoms with van der Waals surface area (Å²) in [7, 11) is 0. The van der Waals surface area contributed by atoms with E-state index in [1.54, 1.807) is 0 Å². The molecule has 5 rings (SSSR count). The number of anilines is 2. The van der Waals surface area contributed by atoms with E-state index in [0.717, 1.165) is 37.3 Å². The average molecular weight is 663 g/mol. The van der Waals surface area contributed by atoms with Crippen molar-refractivity contribution in [3.05, 3.63) is 155 Å². The predicted molar refractivity (Wildman–Crippen MR) is 216 cm³/mol. The van der Waals surface area contributed by atoms with E-state index >= 15 is 0 Å². The summed E-state index contributed by atoms with van der Waals surface area (Å²) in [6.07, 6.45) is 26.0. The fourth-order valence-corrected chi connectivity index (χ4v) is 6.26. The van der Waals surface area contributed by atoms with E-state index in [2.05, 4.69) is 131 Å². The van der Waals surface area contributed by atoms with Gasteiger partial charge in [-0.15, -0.1) is 0 Å². The molecule has 2 aromatic heterocycles. The Morgan fingerprint density at radius 1 is 0.420 bits per heavy atom. The number of hydrogen-bond acceptors (Lipinski definition) is 4. The second-order valence-electron chi connectivity index (χ2n) is 13.1. The molecule has 0 atom stereocenters. The maximum absolute atomic E-state index is 4.13. The fraction of sp³-hybridized carbons (Fsp3) is 0.304. The van der Waals surface area contributed by atoms with Crippen molar-refractivity contribution in [2.24, 2.45) is 0 Å². The van der Waals surface area contributed by atoms with Crippen molar-refractivity contribution in [1.82, 2.24) is 9.97 Å². The lowest BCUT2D eigenvalue weighted by Crippen LogP contribution is -2.27. The summed E-state index contributed by atoms with van der Waals surface area (Å²) in [4.78, 5) is 13.4. The molecule has 0 unspecified atom stereocenters. The van der Waals surface area contributed by atoms with Gasteiger partial charge in [0.05, 0.1) is 0 Å². The second-order valence-corrected chi connectivity index (χ2v) is 13.1. The van der Waals surface area contributed by atoms with Gasteiger partial charge in [-0.3, -0.25) is 9.97 Å². The van der Waals surface area contributed by atoms with Crippen molar-refractivity contribution in [2.75, 3.05) is 22.9 Å². The van der Waals surface area contributed by atoms with E-state index in [1.165, 1.54) is 85.0 Å². The Balaban J connectivity index is 1.33. The highest BCUT2D eigenvalue weighted by Gasteiger charge is 2.14. The van der Waals surface area contributed by atoms with Gasteiger partial charge in [-0.2, -0.15) is 0 Å². The SMILES string of the molecule is CCCCCCN(Cc1ccccc1CN(CCCCCC)c1ccc(/C=C/c2ccncc2)cc1)c1ccc(/C=C/c2ccncc2)cc1. The number of nitrogens with zero attached hydrogens (tertiary/aromatic N) is 4. The molecule has 0 spiro atoms. The quantitative estimate of drug-likeness (QED) is 0.0776. The molecule has 50 heavy (non-hydrogen) atoms. The fourth-order valence-electron chi connectivity index (χ4n) is 6.26. The van der Waals surface area contributed by atoms with Gasteiger partial charge in [0, 0.05) is 62.3 Å². The van der Waals surface area contributed by atoms with E-state index in [0.29, 0.717) is 0 Å². The van der Waals surface area contributed by atoms with Gasteiger partial charge in [0.1, 0.15) is 0 Å². The average Bonchev–Trinajstić information content (AvgIpc) is 3.17. The molecular weight excluding hydrogens is 609 g/mol. The number of hydrogen-bond donors (Lipinski definition) is 0. The summed E-state index contributed by atoms with van der Waals surface area (Å²) < 4.78 is 0. The third-order valence-corrected chi connectivity index (χ3v) is 9.27. The Morgan fingerprint density at radius 3 is 1.14 bits per heavy atom. The third-order valence-electron chi connectivity index (χ3n) is 9.27. The molecule has 0 fully saturated rings. The van der Waals surface area contributed by atoms with Crippen molar-refractivity contribution in [3.63, 3.8) is 0 Å². The first-order chi connectivity index (χ1) is 24.7. The monoisotopic (exact) mass is 662 g/mol. The lowest BCUT2D eigenvalue weighted by atomic mass is 10.0. The van der Waals surface area contributed by atoms with Crippen molar-refractivity contribution in [3.8, 4) is 0 Å². The molecule has 0 radical (unpaired) electrons. The maximum atomic E-state index is 4.13. The van der Waals surface area contributed by atoms with Crippen LogP contribution < -0.4 is 9.80 Å². The summed E-state index contributed by atoms with van der Waals surface area (Å²) in [5.74, 6) is 0. The molecule has 0 N–H and O–H groups in total. The minimum Gasteiger partial charge on any atom is -0.367 e. The molecule has 2 heterocycles. The van der Waals surface area contributed by atoms with Crippen LogP contribution in [0.15, 0.2) is 122 Å². The summed E-state index contributed by atoms with van der Waals surface area (Å²) >= 11 is 0. The largest absolute Gasteiger partial charge is 0.367 e. The number of unbranched alkanes of at least 4 members (excludes halogenated alkanes) is 6. The van der Waals surface area contributed by atoms with Crippen LogP contribution in [-0.4, -0.2) is 23.1 Å². The van der Waals surface area contributed by atoms with Gasteiger partial charge in [-0.1, -0.05) is 125 Å². The normalized spacial score (nSPS) is 11.4. The van der Waals surface area contributed by atoms with Gasteiger partial charge in [0.25, 0.3) is 0 Å². The molecule has 0 saturated carbocycles. The third kappa shape index (κ3) is 11.9. The number of pyridine rings is 2. The minimum atomic E-state index is 0.900. The molecule has 0 saturated heterocycles. The molecule has 4 heteroatoms. The number of benzene rings is 3. The van der Waals surface area contributed by atoms with Gasteiger partial charge in [-0.25, -0.2) is 0 Å². The summed E-state index contributed by atoms with van der Waals surface area (Å²) in [5, 5.41) is 0. The van der Waals surface area contributed by atoms with Crippen LogP contribution in [0.3, 0.4) is 0 Å². The lowest BCUT2D eigenvalue weighted by Gasteiger charge is -2.29. The van der Waals surface area contributed by atoms with Crippen LogP contribution in [0.4, 0.5) is 11.4 Å². The molecule has 0 aliphatic carbocycles. The van der Waals surface area contributed by atoms with Crippen LogP contribution in [-0.2, 0) is 13.1 Å². The zero-order valence-corrected chi connectivity index (χ0v) is 30.1. The van der Waals surface area contributed by atoms with Crippen molar-refractivity contribution in [1.29, 1.82) is 0 Å². The van der Waals surface area contributed by atoms with Gasteiger partial charge in [-0.05, 0) is 94.8 Å². The lowest BCUT2D eigenvalue weighted by molar-refractivity contribution is 0.634. The Kier molecular flexibility index (Phi) is 14.9. The topological polar surface area (TPSA) is 32.3 Å². The molecule has 3 aromatic carbocycles. The molecule has 258 valence electrons. The molecule has 0 aliphatic rings. The van der Waals surface area contributed by atoms with Crippen LogP contribution in [0, 0.1) is 0 Å². The van der Waals surface area contributed by atoms with E-state index < -0.39 is 0 Å². The first-order valence-electron chi connectivity index (χ1n) is 18.6. The summed E-state index contributed by atoms with van der Waals surface area (Å²) in [6.45, 7) is 8.47. The van der Waals surface area contributed by atoms with Gasteiger partial charge < -0.3 is 9.80 Å². The van der Waals surface area contributed by atoms with Crippen molar-refractivity contribution < 1.29 is 0 Å². The smallest absolute Gasteiger partial charge is 0.0432 e. The molecule has 5 aromatic rings. The maximum Gasteiger partial charge on any atom is 0.0432 e. The first-order valence-corrected chi connectivity index (χ1v) is 18.6. The number of rotatable bonds is 20. The van der Waals surface area contributed by atoms with Gasteiger partial charge in [0.2, 0.25) is 0 Å². The highest BCUT2D eigenvalue weighted by atomic mass is 15.1. The van der Waals surface area contributed by atoms with E-state index in [-0.39, 0.29) is 0 Å². The Labute approximate surface area is 301 Å². The van der Waals surface area contributed by atoms with Gasteiger partial charge >= 0.3 is 0 Å². The zero-order chi connectivity index (χ0) is 34.6. The van der Waals surface area contributed by atoms with Crippen LogP contribution in [0.2, 0.25) is 0 Å². The van der Waals surface area contributed by atoms with Crippen molar-refractivity contribution >= 4 is 35.7 Å². The van der Waals surface area contributed by atoms with E-state index in [1.807, 2.05) is 49.1 Å². The Bertz CT molecular complexity index is 1580. The Hall–Kier alpha value is -4.96. The van der Waals surface area contributed by atoms with Gasteiger partial charge in [0.15, 0.2) is 0 Å². The zero-order valence-electron chi connectivity index (χ0n) is 30.1. The summed E-state index contributed by atoms with van der Waals surface area (Å²) in [5.41, 5.74) is 10.1. The van der Waals surface area contributed by atoms with E-state index in [9.17, 15) is 0 Å². The van der Waals surface area contributed by atoms with E-state index in [4.69, 9.17) is 0 Å². The van der Waals surface area contributed by atoms with Crippen LogP contribution in [0.25, 0.3) is 24.3 Å².